The molecule has 0 amide bonds. The van der Waals surface area contributed by atoms with Gasteiger partial charge in [-0.15, -0.1) is 0 Å². The van der Waals surface area contributed by atoms with E-state index in [0.29, 0.717) is 16.5 Å². The van der Waals surface area contributed by atoms with Gasteiger partial charge in [-0.1, -0.05) is 35.3 Å². The van der Waals surface area contributed by atoms with Crippen molar-refractivity contribution in [2.24, 2.45) is 0 Å². The van der Waals surface area contributed by atoms with Crippen LogP contribution in [0.25, 0.3) is 0 Å². The SMILES string of the molecule is CCn1nc(C)cc1C(O)Cc1cccc(Cl)c1Cl. The Bertz CT molecular complexity index is 581. The van der Waals surface area contributed by atoms with Crippen LogP contribution in [0.1, 0.15) is 30.0 Å². The third-order valence-electron chi connectivity index (χ3n) is 3.02. The molecular weight excluding hydrogens is 283 g/mol. The minimum atomic E-state index is -0.642. The maximum Gasteiger partial charge on any atom is 0.0997 e. The molecule has 5 heteroatoms. The van der Waals surface area contributed by atoms with Gasteiger partial charge in [-0.2, -0.15) is 5.10 Å². The lowest BCUT2D eigenvalue weighted by Gasteiger charge is -2.13. The van der Waals surface area contributed by atoms with Gasteiger partial charge in [-0.05, 0) is 31.5 Å². The average Bonchev–Trinajstić information content (AvgIpc) is 2.76. The summed E-state index contributed by atoms with van der Waals surface area (Å²) in [7, 11) is 0. The van der Waals surface area contributed by atoms with Crippen LogP contribution < -0.4 is 0 Å². The monoisotopic (exact) mass is 298 g/mol. The van der Waals surface area contributed by atoms with Gasteiger partial charge >= 0.3 is 0 Å². The van der Waals surface area contributed by atoms with Crippen LogP contribution in [-0.2, 0) is 13.0 Å². The molecule has 0 fully saturated rings. The highest BCUT2D eigenvalue weighted by Crippen LogP contribution is 2.29. The normalized spacial score (nSPS) is 12.7. The Hall–Kier alpha value is -1.03. The Morgan fingerprint density at radius 2 is 2.11 bits per heavy atom. The molecule has 2 rings (SSSR count). The van der Waals surface area contributed by atoms with Gasteiger partial charge < -0.3 is 5.11 Å². The quantitative estimate of drug-likeness (QED) is 0.932. The van der Waals surface area contributed by atoms with Gasteiger partial charge in [0.15, 0.2) is 0 Å². The van der Waals surface area contributed by atoms with Gasteiger partial charge in [-0.3, -0.25) is 4.68 Å². The van der Waals surface area contributed by atoms with Crippen molar-refractivity contribution in [3.8, 4) is 0 Å². The van der Waals surface area contributed by atoms with Crippen molar-refractivity contribution in [2.75, 3.05) is 0 Å². The van der Waals surface area contributed by atoms with Gasteiger partial charge in [0.05, 0.1) is 27.5 Å². The van der Waals surface area contributed by atoms with E-state index in [1.807, 2.05) is 32.0 Å². The van der Waals surface area contributed by atoms with E-state index in [1.165, 1.54) is 0 Å². The van der Waals surface area contributed by atoms with Gasteiger partial charge in [-0.25, -0.2) is 0 Å². The number of aliphatic hydroxyl groups is 1. The standard InChI is InChI=1S/C14H16Cl2N2O/c1-3-18-12(7-9(2)17-18)13(19)8-10-5-4-6-11(15)14(10)16/h4-7,13,19H,3,8H2,1-2H3. The fraction of sp³-hybridized carbons (Fsp3) is 0.357. The van der Waals surface area contributed by atoms with Crippen LogP contribution in [0.5, 0.6) is 0 Å². The van der Waals surface area contributed by atoms with Crippen molar-refractivity contribution < 1.29 is 5.11 Å². The molecule has 0 saturated carbocycles. The van der Waals surface area contributed by atoms with E-state index in [2.05, 4.69) is 5.10 Å². The molecule has 19 heavy (non-hydrogen) atoms. The zero-order valence-electron chi connectivity index (χ0n) is 10.9. The molecule has 0 spiro atoms. The lowest BCUT2D eigenvalue weighted by molar-refractivity contribution is 0.167. The van der Waals surface area contributed by atoms with Crippen LogP contribution in [-0.4, -0.2) is 14.9 Å². The smallest absolute Gasteiger partial charge is 0.0997 e. The van der Waals surface area contributed by atoms with E-state index >= 15 is 0 Å². The minimum Gasteiger partial charge on any atom is -0.386 e. The van der Waals surface area contributed by atoms with Crippen LogP contribution in [0, 0.1) is 6.92 Å². The number of rotatable bonds is 4. The zero-order valence-corrected chi connectivity index (χ0v) is 12.4. The van der Waals surface area contributed by atoms with Crippen LogP contribution in [0.3, 0.4) is 0 Å². The molecule has 0 radical (unpaired) electrons. The number of aryl methyl sites for hydroxylation is 2. The van der Waals surface area contributed by atoms with Crippen LogP contribution in [0.2, 0.25) is 10.0 Å². The van der Waals surface area contributed by atoms with Crippen molar-refractivity contribution in [3.63, 3.8) is 0 Å². The highest BCUT2D eigenvalue weighted by Gasteiger charge is 2.16. The third kappa shape index (κ3) is 3.11. The number of hydrogen-bond acceptors (Lipinski definition) is 2. The molecule has 1 atom stereocenters. The maximum atomic E-state index is 10.4. The van der Waals surface area contributed by atoms with E-state index in [0.717, 1.165) is 23.5 Å². The number of halogens is 2. The van der Waals surface area contributed by atoms with Gasteiger partial charge in [0, 0.05) is 13.0 Å². The number of aromatic nitrogens is 2. The summed E-state index contributed by atoms with van der Waals surface area (Å²) in [5.74, 6) is 0. The van der Waals surface area contributed by atoms with E-state index < -0.39 is 6.10 Å². The largest absolute Gasteiger partial charge is 0.386 e. The fourth-order valence-corrected chi connectivity index (χ4v) is 2.50. The summed E-state index contributed by atoms with van der Waals surface area (Å²) in [6.07, 6.45) is -0.220. The topological polar surface area (TPSA) is 38.0 Å². The predicted octanol–water partition coefficient (Wildman–Crippen LogP) is 3.79. The molecule has 1 heterocycles. The molecule has 0 bridgehead atoms. The Balaban J connectivity index is 2.25. The molecule has 0 aliphatic rings. The second kappa shape index (κ2) is 5.95. The van der Waals surface area contributed by atoms with Crippen molar-refractivity contribution in [1.29, 1.82) is 0 Å². The minimum absolute atomic E-state index is 0.421. The Morgan fingerprint density at radius 1 is 1.37 bits per heavy atom. The van der Waals surface area contributed by atoms with Crippen molar-refractivity contribution in [2.45, 2.75) is 32.9 Å². The molecule has 0 aliphatic heterocycles. The highest BCUT2D eigenvalue weighted by molar-refractivity contribution is 6.42. The van der Waals surface area contributed by atoms with E-state index in [9.17, 15) is 5.11 Å². The first-order valence-corrected chi connectivity index (χ1v) is 6.93. The van der Waals surface area contributed by atoms with Crippen molar-refractivity contribution in [3.05, 3.63) is 51.3 Å². The molecule has 2 aromatic rings. The first-order valence-electron chi connectivity index (χ1n) is 6.18. The van der Waals surface area contributed by atoms with Gasteiger partial charge in [0.25, 0.3) is 0 Å². The van der Waals surface area contributed by atoms with Crippen molar-refractivity contribution in [1.82, 2.24) is 9.78 Å². The first kappa shape index (κ1) is 14.4. The second-order valence-corrected chi connectivity index (χ2v) is 5.24. The summed E-state index contributed by atoms with van der Waals surface area (Å²) in [4.78, 5) is 0. The number of hydrogen-bond donors (Lipinski definition) is 1. The first-order chi connectivity index (χ1) is 9.02. The molecule has 1 N–H and O–H groups in total. The predicted molar refractivity (Wildman–Crippen MR) is 77.8 cm³/mol. The maximum absolute atomic E-state index is 10.4. The van der Waals surface area contributed by atoms with Crippen LogP contribution in [0.4, 0.5) is 0 Å². The summed E-state index contributed by atoms with van der Waals surface area (Å²) in [5.41, 5.74) is 2.53. The van der Waals surface area contributed by atoms with Gasteiger partial charge in [0.2, 0.25) is 0 Å². The van der Waals surface area contributed by atoms with Crippen LogP contribution in [0.15, 0.2) is 24.3 Å². The molecule has 1 unspecified atom stereocenters. The Morgan fingerprint density at radius 3 is 2.79 bits per heavy atom. The third-order valence-corrected chi connectivity index (χ3v) is 3.88. The summed E-state index contributed by atoms with van der Waals surface area (Å²) in [6.45, 7) is 4.63. The van der Waals surface area contributed by atoms with Crippen LogP contribution >= 0.6 is 23.2 Å². The van der Waals surface area contributed by atoms with E-state index in [1.54, 1.807) is 10.7 Å². The Kier molecular flexibility index (Phi) is 4.50. The molecule has 1 aromatic heterocycles. The summed E-state index contributed by atoms with van der Waals surface area (Å²) < 4.78 is 1.80. The molecular formula is C14H16Cl2N2O. The number of benzene rings is 1. The average molecular weight is 299 g/mol. The zero-order chi connectivity index (χ0) is 14.0. The summed E-state index contributed by atoms with van der Waals surface area (Å²) >= 11 is 12.1. The number of aliphatic hydroxyl groups excluding tert-OH is 1. The van der Waals surface area contributed by atoms with E-state index in [4.69, 9.17) is 23.2 Å². The summed E-state index contributed by atoms with van der Waals surface area (Å²) in [5, 5.41) is 15.7. The molecule has 1 aromatic carbocycles. The Labute approximate surface area is 122 Å². The van der Waals surface area contributed by atoms with E-state index in [-0.39, 0.29) is 0 Å². The lowest BCUT2D eigenvalue weighted by atomic mass is 10.1. The molecule has 3 nitrogen and oxygen atoms in total. The summed E-state index contributed by atoms with van der Waals surface area (Å²) in [6, 6.07) is 7.34. The fourth-order valence-electron chi connectivity index (χ4n) is 2.11. The lowest BCUT2D eigenvalue weighted by Crippen LogP contribution is -2.10. The molecule has 0 saturated heterocycles. The van der Waals surface area contributed by atoms with Gasteiger partial charge in [0.1, 0.15) is 0 Å². The second-order valence-electron chi connectivity index (χ2n) is 4.46. The van der Waals surface area contributed by atoms with Crippen molar-refractivity contribution >= 4 is 23.2 Å². The molecule has 0 aliphatic carbocycles. The molecule has 102 valence electrons. The number of nitrogens with zero attached hydrogens (tertiary/aromatic N) is 2. The highest BCUT2D eigenvalue weighted by atomic mass is 35.5.